The standard InChI is InChI=1S/C26H24N2O4/c1-4-32-22-12-8-18(9-13-22)23-24(27-19-7-5-6-17(2)16-19)26(30)28(25(23)29)20-10-14-21(31-3)15-11-20/h5-16,27H,4H2,1-3H3. The first-order chi connectivity index (χ1) is 15.5. The summed E-state index contributed by atoms with van der Waals surface area (Å²) >= 11 is 0. The molecule has 3 aromatic rings. The van der Waals surface area contributed by atoms with Crippen LogP contribution in [-0.2, 0) is 9.59 Å². The minimum Gasteiger partial charge on any atom is -0.497 e. The van der Waals surface area contributed by atoms with Crippen molar-refractivity contribution in [2.24, 2.45) is 0 Å². The highest BCUT2D eigenvalue weighted by Crippen LogP contribution is 2.35. The molecule has 3 aromatic carbocycles. The van der Waals surface area contributed by atoms with Crippen LogP contribution in [0.4, 0.5) is 11.4 Å². The number of hydrogen-bond donors (Lipinski definition) is 1. The molecule has 0 fully saturated rings. The van der Waals surface area contributed by atoms with Crippen molar-refractivity contribution in [3.63, 3.8) is 0 Å². The smallest absolute Gasteiger partial charge is 0.282 e. The number of aryl methyl sites for hydroxylation is 1. The SMILES string of the molecule is CCOc1ccc(C2=C(Nc3cccc(C)c3)C(=O)N(c3ccc(OC)cc3)C2=O)cc1. The number of methoxy groups -OCH3 is 1. The molecule has 0 bridgehead atoms. The van der Waals surface area contributed by atoms with Crippen LogP contribution in [0.3, 0.4) is 0 Å². The van der Waals surface area contributed by atoms with Gasteiger partial charge in [-0.15, -0.1) is 0 Å². The van der Waals surface area contributed by atoms with E-state index in [1.54, 1.807) is 55.6 Å². The lowest BCUT2D eigenvalue weighted by atomic mass is 10.0. The molecular formula is C26H24N2O4. The molecule has 0 radical (unpaired) electrons. The van der Waals surface area contributed by atoms with Crippen LogP contribution in [0.2, 0.25) is 0 Å². The van der Waals surface area contributed by atoms with Crippen molar-refractivity contribution in [3.05, 3.63) is 89.6 Å². The number of carbonyl (C=O) groups excluding carboxylic acids is 2. The first kappa shape index (κ1) is 21.2. The normalized spacial score (nSPS) is 13.5. The van der Waals surface area contributed by atoms with Gasteiger partial charge in [-0.25, -0.2) is 4.90 Å². The van der Waals surface area contributed by atoms with Gasteiger partial charge in [0, 0.05) is 5.69 Å². The van der Waals surface area contributed by atoms with Crippen molar-refractivity contribution >= 4 is 28.8 Å². The van der Waals surface area contributed by atoms with Crippen LogP contribution in [-0.4, -0.2) is 25.5 Å². The molecule has 1 aliphatic heterocycles. The highest BCUT2D eigenvalue weighted by molar-refractivity contribution is 6.46. The highest BCUT2D eigenvalue weighted by atomic mass is 16.5. The molecule has 0 atom stereocenters. The molecule has 32 heavy (non-hydrogen) atoms. The van der Waals surface area contributed by atoms with Crippen molar-refractivity contribution in [3.8, 4) is 11.5 Å². The summed E-state index contributed by atoms with van der Waals surface area (Å²) in [6, 6.07) is 21.7. The molecule has 0 aliphatic carbocycles. The monoisotopic (exact) mass is 428 g/mol. The average molecular weight is 428 g/mol. The Morgan fingerprint density at radius 1 is 0.875 bits per heavy atom. The van der Waals surface area contributed by atoms with Gasteiger partial charge in [0.05, 0.1) is 25.0 Å². The Morgan fingerprint density at radius 2 is 1.56 bits per heavy atom. The zero-order valence-corrected chi connectivity index (χ0v) is 18.2. The third kappa shape index (κ3) is 4.07. The number of benzene rings is 3. The van der Waals surface area contributed by atoms with E-state index in [2.05, 4.69) is 5.32 Å². The molecule has 6 heteroatoms. The predicted molar refractivity (Wildman–Crippen MR) is 125 cm³/mol. The summed E-state index contributed by atoms with van der Waals surface area (Å²) in [6.45, 7) is 4.43. The lowest BCUT2D eigenvalue weighted by Crippen LogP contribution is -2.32. The van der Waals surface area contributed by atoms with E-state index in [9.17, 15) is 9.59 Å². The van der Waals surface area contributed by atoms with E-state index in [4.69, 9.17) is 9.47 Å². The minimum absolute atomic E-state index is 0.237. The number of nitrogens with zero attached hydrogens (tertiary/aromatic N) is 1. The van der Waals surface area contributed by atoms with Crippen molar-refractivity contribution in [2.45, 2.75) is 13.8 Å². The summed E-state index contributed by atoms with van der Waals surface area (Å²) in [6.07, 6.45) is 0. The first-order valence-electron chi connectivity index (χ1n) is 10.4. The number of carbonyl (C=O) groups is 2. The van der Waals surface area contributed by atoms with Crippen LogP contribution in [0, 0.1) is 6.92 Å². The Balaban J connectivity index is 1.77. The van der Waals surface area contributed by atoms with Gasteiger partial charge in [0.1, 0.15) is 17.2 Å². The number of hydrogen-bond acceptors (Lipinski definition) is 5. The largest absolute Gasteiger partial charge is 0.497 e. The van der Waals surface area contributed by atoms with Gasteiger partial charge in [-0.3, -0.25) is 9.59 Å². The van der Waals surface area contributed by atoms with Crippen LogP contribution in [0.25, 0.3) is 5.57 Å². The molecule has 1 N–H and O–H groups in total. The molecule has 1 aliphatic rings. The number of anilines is 2. The fourth-order valence-electron chi connectivity index (χ4n) is 3.63. The second-order valence-corrected chi connectivity index (χ2v) is 7.35. The van der Waals surface area contributed by atoms with E-state index in [0.29, 0.717) is 34.9 Å². The minimum atomic E-state index is -0.412. The van der Waals surface area contributed by atoms with Crippen molar-refractivity contribution in [2.75, 3.05) is 23.9 Å². The van der Waals surface area contributed by atoms with E-state index in [1.807, 2.05) is 38.1 Å². The van der Waals surface area contributed by atoms with Crippen LogP contribution in [0.1, 0.15) is 18.1 Å². The number of amides is 2. The summed E-state index contributed by atoms with van der Waals surface area (Å²) in [5, 5.41) is 3.18. The number of imide groups is 1. The summed E-state index contributed by atoms with van der Waals surface area (Å²) in [5.74, 6) is 0.546. The van der Waals surface area contributed by atoms with Crippen molar-refractivity contribution in [1.82, 2.24) is 0 Å². The second-order valence-electron chi connectivity index (χ2n) is 7.35. The maximum Gasteiger partial charge on any atom is 0.282 e. The molecule has 0 saturated heterocycles. The Hall–Kier alpha value is -4.06. The molecule has 0 saturated carbocycles. The van der Waals surface area contributed by atoms with Crippen molar-refractivity contribution in [1.29, 1.82) is 0 Å². The Bertz CT molecular complexity index is 1180. The van der Waals surface area contributed by atoms with Crippen LogP contribution >= 0.6 is 0 Å². The van der Waals surface area contributed by atoms with Crippen LogP contribution in [0.5, 0.6) is 11.5 Å². The lowest BCUT2D eigenvalue weighted by Gasteiger charge is -2.16. The fraction of sp³-hybridized carbons (Fsp3) is 0.154. The van der Waals surface area contributed by atoms with Gasteiger partial charge in [-0.05, 0) is 73.5 Å². The third-order valence-electron chi connectivity index (χ3n) is 5.16. The topological polar surface area (TPSA) is 67.9 Å². The van der Waals surface area contributed by atoms with Crippen LogP contribution in [0.15, 0.2) is 78.5 Å². The molecule has 6 nitrogen and oxygen atoms in total. The molecule has 0 unspecified atom stereocenters. The third-order valence-corrected chi connectivity index (χ3v) is 5.16. The zero-order valence-electron chi connectivity index (χ0n) is 18.2. The average Bonchev–Trinajstić information content (AvgIpc) is 3.04. The van der Waals surface area contributed by atoms with Gasteiger partial charge in [0.15, 0.2) is 0 Å². The molecule has 0 aromatic heterocycles. The fourth-order valence-corrected chi connectivity index (χ4v) is 3.63. The molecule has 162 valence electrons. The maximum atomic E-state index is 13.5. The number of nitrogens with one attached hydrogen (secondary N) is 1. The second kappa shape index (κ2) is 8.98. The van der Waals surface area contributed by atoms with Gasteiger partial charge in [0.2, 0.25) is 0 Å². The number of rotatable bonds is 7. The van der Waals surface area contributed by atoms with Gasteiger partial charge in [-0.2, -0.15) is 0 Å². The molecule has 4 rings (SSSR count). The van der Waals surface area contributed by atoms with Crippen molar-refractivity contribution < 1.29 is 19.1 Å². The van der Waals surface area contributed by atoms with E-state index in [0.717, 1.165) is 11.3 Å². The highest BCUT2D eigenvalue weighted by Gasteiger charge is 2.40. The van der Waals surface area contributed by atoms with Gasteiger partial charge in [0.25, 0.3) is 11.8 Å². The van der Waals surface area contributed by atoms with E-state index in [1.165, 1.54) is 4.90 Å². The predicted octanol–water partition coefficient (Wildman–Crippen LogP) is 4.80. The number of ether oxygens (including phenoxy) is 2. The van der Waals surface area contributed by atoms with E-state index >= 15 is 0 Å². The zero-order chi connectivity index (χ0) is 22.7. The lowest BCUT2D eigenvalue weighted by molar-refractivity contribution is -0.120. The van der Waals surface area contributed by atoms with Gasteiger partial charge in [-0.1, -0.05) is 24.3 Å². The first-order valence-corrected chi connectivity index (χ1v) is 10.4. The summed E-state index contributed by atoms with van der Waals surface area (Å²) < 4.78 is 10.7. The van der Waals surface area contributed by atoms with E-state index < -0.39 is 5.91 Å². The van der Waals surface area contributed by atoms with Gasteiger partial charge < -0.3 is 14.8 Å². The molecule has 1 heterocycles. The Kier molecular flexibility index (Phi) is 5.94. The van der Waals surface area contributed by atoms with Crippen LogP contribution < -0.4 is 19.7 Å². The molecule has 2 amide bonds. The summed E-state index contributed by atoms with van der Waals surface area (Å²) in [4.78, 5) is 28.1. The molecular weight excluding hydrogens is 404 g/mol. The maximum absolute atomic E-state index is 13.5. The quantitative estimate of drug-likeness (QED) is 0.548. The Morgan fingerprint density at radius 3 is 2.19 bits per heavy atom. The molecule has 0 spiro atoms. The Labute approximate surface area is 187 Å². The summed E-state index contributed by atoms with van der Waals surface area (Å²) in [5.41, 5.74) is 3.45. The van der Waals surface area contributed by atoms with Gasteiger partial charge >= 0.3 is 0 Å². The van der Waals surface area contributed by atoms with E-state index in [-0.39, 0.29) is 11.6 Å². The summed E-state index contributed by atoms with van der Waals surface area (Å²) in [7, 11) is 1.57.